The minimum absolute atomic E-state index is 0.0741. The van der Waals surface area contributed by atoms with Gasteiger partial charge in [0.2, 0.25) is 0 Å². The second-order valence-electron chi connectivity index (χ2n) is 5.67. The van der Waals surface area contributed by atoms with Gasteiger partial charge >= 0.3 is 0 Å². The molecule has 122 valence electrons. The van der Waals surface area contributed by atoms with Crippen molar-refractivity contribution in [3.8, 4) is 0 Å². The molecule has 6 heteroatoms. The lowest BCUT2D eigenvalue weighted by Crippen LogP contribution is -2.49. The Bertz CT molecular complexity index is 637. The third-order valence-electron chi connectivity index (χ3n) is 4.11. The van der Waals surface area contributed by atoms with Crippen molar-refractivity contribution in [3.05, 3.63) is 58.0 Å². The molecule has 0 spiro atoms. The summed E-state index contributed by atoms with van der Waals surface area (Å²) in [4.78, 5) is 16.3. The number of hydrogen-bond donors (Lipinski definition) is 1. The molecule has 3 rings (SSSR count). The molecule has 0 unspecified atom stereocenters. The molecule has 1 amide bonds. The standard InChI is InChI=1S/C17H19FN2O2S/c18-15-3-1-13(2-4-15)16(21)11-19-6-8-20(9-7-19)17(22)14-5-10-23-12-14/h1-5,10,12,16,21H,6-9,11H2/t16-/m1/s1. The third-order valence-corrected chi connectivity index (χ3v) is 4.80. The molecule has 1 aromatic carbocycles. The molecular weight excluding hydrogens is 315 g/mol. The number of carbonyl (C=O) groups excluding carboxylic acids is 1. The molecule has 1 atom stereocenters. The van der Waals surface area contributed by atoms with Crippen molar-refractivity contribution in [1.82, 2.24) is 9.80 Å². The summed E-state index contributed by atoms with van der Waals surface area (Å²) in [6.45, 7) is 3.27. The Labute approximate surface area is 138 Å². The molecule has 0 saturated carbocycles. The van der Waals surface area contributed by atoms with Gasteiger partial charge < -0.3 is 10.0 Å². The Morgan fingerprint density at radius 3 is 2.48 bits per heavy atom. The average Bonchev–Trinajstić information content (AvgIpc) is 3.10. The molecule has 1 N–H and O–H groups in total. The molecule has 1 saturated heterocycles. The van der Waals surface area contributed by atoms with Crippen molar-refractivity contribution in [3.63, 3.8) is 0 Å². The lowest BCUT2D eigenvalue weighted by Gasteiger charge is -2.35. The van der Waals surface area contributed by atoms with Crippen LogP contribution in [-0.4, -0.2) is 53.5 Å². The summed E-state index contributed by atoms with van der Waals surface area (Å²) in [6, 6.07) is 7.77. The normalized spacial score (nSPS) is 17.2. The molecule has 2 heterocycles. The zero-order valence-corrected chi connectivity index (χ0v) is 13.5. The van der Waals surface area contributed by atoms with E-state index in [2.05, 4.69) is 4.90 Å². The Kier molecular flexibility index (Phi) is 5.05. The van der Waals surface area contributed by atoms with Gasteiger partial charge in [0.15, 0.2) is 0 Å². The smallest absolute Gasteiger partial charge is 0.254 e. The topological polar surface area (TPSA) is 43.8 Å². The molecule has 1 aliphatic heterocycles. The van der Waals surface area contributed by atoms with E-state index < -0.39 is 6.10 Å². The number of β-amino-alcohol motifs (C(OH)–C–C–N with tert-alkyl or cyclic N) is 1. The average molecular weight is 334 g/mol. The third kappa shape index (κ3) is 3.96. The molecule has 0 aliphatic carbocycles. The summed E-state index contributed by atoms with van der Waals surface area (Å²) in [5.74, 6) is -0.230. The zero-order chi connectivity index (χ0) is 16.2. The van der Waals surface area contributed by atoms with E-state index in [9.17, 15) is 14.3 Å². The number of aliphatic hydroxyl groups is 1. The number of rotatable bonds is 4. The molecule has 1 aromatic heterocycles. The Hall–Kier alpha value is -1.76. The number of aliphatic hydroxyl groups excluding tert-OH is 1. The minimum Gasteiger partial charge on any atom is -0.387 e. The predicted molar refractivity (Wildman–Crippen MR) is 88.0 cm³/mol. The summed E-state index contributed by atoms with van der Waals surface area (Å²) in [5, 5.41) is 14.0. The SMILES string of the molecule is O=C(c1ccsc1)N1CCN(C[C@@H](O)c2ccc(F)cc2)CC1. The van der Waals surface area contributed by atoms with Crippen LogP contribution in [0.2, 0.25) is 0 Å². The summed E-state index contributed by atoms with van der Waals surface area (Å²) in [6.07, 6.45) is -0.644. The highest BCUT2D eigenvalue weighted by molar-refractivity contribution is 7.08. The molecule has 23 heavy (non-hydrogen) atoms. The number of piperazine rings is 1. The maximum absolute atomic E-state index is 12.9. The van der Waals surface area contributed by atoms with Crippen LogP contribution < -0.4 is 0 Å². The molecule has 0 bridgehead atoms. The van der Waals surface area contributed by atoms with Crippen LogP contribution in [0.25, 0.3) is 0 Å². The summed E-state index contributed by atoms with van der Waals surface area (Å²) in [5.41, 5.74) is 1.46. The van der Waals surface area contributed by atoms with Crippen LogP contribution in [-0.2, 0) is 0 Å². The molecule has 4 nitrogen and oxygen atoms in total. The minimum atomic E-state index is -0.644. The van der Waals surface area contributed by atoms with Crippen LogP contribution in [0.3, 0.4) is 0 Å². The monoisotopic (exact) mass is 334 g/mol. The number of thiophene rings is 1. The number of nitrogens with zero attached hydrogens (tertiary/aromatic N) is 2. The Balaban J connectivity index is 1.51. The fraction of sp³-hybridized carbons (Fsp3) is 0.353. The van der Waals surface area contributed by atoms with Crippen LogP contribution in [0.4, 0.5) is 4.39 Å². The summed E-state index contributed by atoms with van der Waals surface area (Å²) >= 11 is 1.52. The van der Waals surface area contributed by atoms with Gasteiger partial charge in [0, 0.05) is 38.1 Å². The first-order valence-electron chi connectivity index (χ1n) is 7.61. The van der Waals surface area contributed by atoms with Crippen molar-refractivity contribution in [2.75, 3.05) is 32.7 Å². The van der Waals surface area contributed by atoms with Gasteiger partial charge in [-0.25, -0.2) is 4.39 Å². The van der Waals surface area contributed by atoms with E-state index in [1.165, 1.54) is 23.5 Å². The highest BCUT2D eigenvalue weighted by atomic mass is 32.1. The second kappa shape index (κ2) is 7.21. The van der Waals surface area contributed by atoms with E-state index in [4.69, 9.17) is 0 Å². The number of amides is 1. The maximum Gasteiger partial charge on any atom is 0.254 e. The quantitative estimate of drug-likeness (QED) is 0.934. The van der Waals surface area contributed by atoms with Crippen molar-refractivity contribution in [2.45, 2.75) is 6.10 Å². The van der Waals surface area contributed by atoms with Gasteiger partial charge in [-0.1, -0.05) is 12.1 Å². The van der Waals surface area contributed by atoms with Crippen molar-refractivity contribution in [2.24, 2.45) is 0 Å². The van der Waals surface area contributed by atoms with Gasteiger partial charge in [0.1, 0.15) is 5.82 Å². The van der Waals surface area contributed by atoms with Gasteiger partial charge in [0.05, 0.1) is 11.7 Å². The molecule has 1 aliphatic rings. The highest BCUT2D eigenvalue weighted by Crippen LogP contribution is 2.17. The van der Waals surface area contributed by atoms with Gasteiger partial charge in [-0.15, -0.1) is 0 Å². The van der Waals surface area contributed by atoms with Gasteiger partial charge in [0.25, 0.3) is 5.91 Å². The maximum atomic E-state index is 12.9. The summed E-state index contributed by atoms with van der Waals surface area (Å²) < 4.78 is 12.9. The highest BCUT2D eigenvalue weighted by Gasteiger charge is 2.23. The number of halogens is 1. The zero-order valence-electron chi connectivity index (χ0n) is 12.7. The molecule has 2 aromatic rings. The van der Waals surface area contributed by atoms with Crippen molar-refractivity contribution in [1.29, 1.82) is 0 Å². The lowest BCUT2D eigenvalue weighted by atomic mass is 10.1. The molecule has 1 fully saturated rings. The van der Waals surface area contributed by atoms with Crippen LogP contribution >= 0.6 is 11.3 Å². The lowest BCUT2D eigenvalue weighted by molar-refractivity contribution is 0.0528. The van der Waals surface area contributed by atoms with Gasteiger partial charge in [-0.05, 0) is 29.1 Å². The van der Waals surface area contributed by atoms with E-state index in [-0.39, 0.29) is 11.7 Å². The first kappa shape index (κ1) is 16.1. The second-order valence-corrected chi connectivity index (χ2v) is 6.45. The van der Waals surface area contributed by atoms with E-state index in [1.54, 1.807) is 12.1 Å². The number of carbonyl (C=O) groups is 1. The summed E-state index contributed by atoms with van der Waals surface area (Å²) in [7, 11) is 0. The van der Waals surface area contributed by atoms with Gasteiger partial charge in [-0.3, -0.25) is 9.69 Å². The first-order valence-corrected chi connectivity index (χ1v) is 8.55. The van der Waals surface area contributed by atoms with E-state index in [1.807, 2.05) is 21.7 Å². The Morgan fingerprint density at radius 1 is 1.17 bits per heavy atom. The van der Waals surface area contributed by atoms with Gasteiger partial charge in [-0.2, -0.15) is 11.3 Å². The van der Waals surface area contributed by atoms with Crippen molar-refractivity contribution >= 4 is 17.2 Å². The van der Waals surface area contributed by atoms with Crippen LogP contribution in [0, 0.1) is 5.82 Å². The number of benzene rings is 1. The predicted octanol–water partition coefficient (Wildman–Crippen LogP) is 2.38. The van der Waals surface area contributed by atoms with Crippen LogP contribution in [0.15, 0.2) is 41.1 Å². The number of hydrogen-bond acceptors (Lipinski definition) is 4. The van der Waals surface area contributed by atoms with Crippen molar-refractivity contribution < 1.29 is 14.3 Å². The fourth-order valence-electron chi connectivity index (χ4n) is 2.74. The Morgan fingerprint density at radius 2 is 1.87 bits per heavy atom. The van der Waals surface area contributed by atoms with Crippen LogP contribution in [0.1, 0.15) is 22.0 Å². The fourth-order valence-corrected chi connectivity index (χ4v) is 3.37. The molecule has 0 radical (unpaired) electrons. The molecular formula is C17H19FN2O2S. The van der Waals surface area contributed by atoms with E-state index >= 15 is 0 Å². The largest absolute Gasteiger partial charge is 0.387 e. The van der Waals surface area contributed by atoms with E-state index in [0.29, 0.717) is 25.2 Å². The van der Waals surface area contributed by atoms with Crippen LogP contribution in [0.5, 0.6) is 0 Å². The van der Waals surface area contributed by atoms with E-state index in [0.717, 1.165) is 18.7 Å². The first-order chi connectivity index (χ1) is 11.1.